The molecule has 1 aliphatic rings. The van der Waals surface area contributed by atoms with Crippen molar-refractivity contribution in [2.45, 2.75) is 17.4 Å². The van der Waals surface area contributed by atoms with E-state index >= 15 is 0 Å². The second-order valence-electron chi connectivity index (χ2n) is 5.16. The molecule has 0 radical (unpaired) electrons. The minimum Gasteiger partial charge on any atom is -0.374 e. The average molecular weight is 333 g/mol. The largest absolute Gasteiger partial charge is 0.374 e. The third-order valence-corrected chi connectivity index (χ3v) is 4.98. The summed E-state index contributed by atoms with van der Waals surface area (Å²) in [5, 5.41) is 4.07. The SMILES string of the molecule is CSc1cc(NC2CCN(c3ccccc3)C2=O)ccc1Cl. The van der Waals surface area contributed by atoms with Gasteiger partial charge >= 0.3 is 0 Å². The number of nitrogens with one attached hydrogen (secondary N) is 1. The molecule has 3 rings (SSSR count). The first-order valence-corrected chi connectivity index (χ1v) is 8.76. The first-order valence-electron chi connectivity index (χ1n) is 7.15. The Balaban J connectivity index is 1.73. The van der Waals surface area contributed by atoms with Gasteiger partial charge in [0.2, 0.25) is 5.91 Å². The van der Waals surface area contributed by atoms with E-state index in [1.54, 1.807) is 11.8 Å². The van der Waals surface area contributed by atoms with Crippen molar-refractivity contribution in [3.05, 3.63) is 53.6 Å². The van der Waals surface area contributed by atoms with Gasteiger partial charge in [-0.15, -0.1) is 11.8 Å². The lowest BCUT2D eigenvalue weighted by Gasteiger charge is -2.18. The number of para-hydroxylation sites is 1. The lowest BCUT2D eigenvalue weighted by Crippen LogP contribution is -2.33. The molecular formula is C17H17ClN2OS. The Labute approximate surface area is 139 Å². The molecule has 0 saturated carbocycles. The molecule has 0 aliphatic carbocycles. The minimum absolute atomic E-state index is 0.117. The number of anilines is 2. The lowest BCUT2D eigenvalue weighted by atomic mass is 10.2. The standard InChI is InChI=1S/C17H17ClN2OS/c1-22-16-11-12(7-8-14(16)18)19-15-9-10-20(17(15)21)13-5-3-2-4-6-13/h2-8,11,15,19H,9-10H2,1H3. The second kappa shape index (κ2) is 6.63. The third kappa shape index (κ3) is 3.08. The molecule has 2 aromatic carbocycles. The van der Waals surface area contributed by atoms with E-state index in [1.165, 1.54) is 0 Å². The van der Waals surface area contributed by atoms with Crippen molar-refractivity contribution in [3.63, 3.8) is 0 Å². The molecule has 1 saturated heterocycles. The number of benzene rings is 2. The van der Waals surface area contributed by atoms with E-state index in [-0.39, 0.29) is 11.9 Å². The Morgan fingerprint density at radius 3 is 2.73 bits per heavy atom. The molecule has 1 heterocycles. The van der Waals surface area contributed by atoms with E-state index in [0.29, 0.717) is 0 Å². The van der Waals surface area contributed by atoms with E-state index in [9.17, 15) is 4.79 Å². The van der Waals surface area contributed by atoms with Gasteiger partial charge in [-0.3, -0.25) is 4.79 Å². The molecule has 22 heavy (non-hydrogen) atoms. The van der Waals surface area contributed by atoms with E-state index in [0.717, 1.165) is 34.3 Å². The van der Waals surface area contributed by atoms with E-state index in [2.05, 4.69) is 5.32 Å². The van der Waals surface area contributed by atoms with Gasteiger partial charge in [0.05, 0.1) is 5.02 Å². The van der Waals surface area contributed by atoms with Gasteiger partial charge in [0, 0.05) is 22.8 Å². The summed E-state index contributed by atoms with van der Waals surface area (Å²) in [4.78, 5) is 15.4. The van der Waals surface area contributed by atoms with Crippen LogP contribution in [0.1, 0.15) is 6.42 Å². The zero-order valence-electron chi connectivity index (χ0n) is 12.3. The maximum atomic E-state index is 12.6. The summed E-state index contributed by atoms with van der Waals surface area (Å²) in [6.45, 7) is 0.740. The number of amides is 1. The molecule has 1 fully saturated rings. The van der Waals surface area contributed by atoms with E-state index in [4.69, 9.17) is 11.6 Å². The first kappa shape index (κ1) is 15.3. The molecule has 114 valence electrons. The summed E-state index contributed by atoms with van der Waals surface area (Å²) >= 11 is 7.72. The molecule has 1 aliphatic heterocycles. The molecule has 3 nitrogen and oxygen atoms in total. The fourth-order valence-electron chi connectivity index (χ4n) is 2.63. The summed E-state index contributed by atoms with van der Waals surface area (Å²) in [5.41, 5.74) is 1.89. The number of hydrogen-bond acceptors (Lipinski definition) is 3. The van der Waals surface area contributed by atoms with Gasteiger partial charge in [0.1, 0.15) is 6.04 Å². The number of thioether (sulfide) groups is 1. The fourth-order valence-corrected chi connectivity index (χ4v) is 3.49. The summed E-state index contributed by atoms with van der Waals surface area (Å²) < 4.78 is 0. The summed E-state index contributed by atoms with van der Waals surface area (Å²) in [7, 11) is 0. The quantitative estimate of drug-likeness (QED) is 0.848. The molecule has 0 bridgehead atoms. The number of carbonyl (C=O) groups excluding carboxylic acids is 1. The second-order valence-corrected chi connectivity index (χ2v) is 6.42. The Morgan fingerprint density at radius 1 is 1.23 bits per heavy atom. The van der Waals surface area contributed by atoms with Gasteiger partial charge in [-0.05, 0) is 43.0 Å². The van der Waals surface area contributed by atoms with Crippen LogP contribution in [-0.2, 0) is 4.79 Å². The van der Waals surface area contributed by atoms with Gasteiger partial charge in [-0.1, -0.05) is 29.8 Å². The van der Waals surface area contributed by atoms with Crippen LogP contribution in [-0.4, -0.2) is 24.7 Å². The molecule has 1 atom stereocenters. The van der Waals surface area contributed by atoms with Crippen molar-refractivity contribution in [1.29, 1.82) is 0 Å². The zero-order chi connectivity index (χ0) is 15.5. The molecule has 5 heteroatoms. The van der Waals surface area contributed by atoms with Crippen LogP contribution >= 0.6 is 23.4 Å². The Bertz CT molecular complexity index is 678. The van der Waals surface area contributed by atoms with Crippen LogP contribution in [0.25, 0.3) is 0 Å². The number of nitrogens with zero attached hydrogens (tertiary/aromatic N) is 1. The van der Waals surface area contributed by atoms with Crippen LogP contribution in [0.15, 0.2) is 53.4 Å². The number of carbonyl (C=O) groups is 1. The van der Waals surface area contributed by atoms with E-state index in [1.807, 2.05) is 59.7 Å². The molecule has 2 aromatic rings. The van der Waals surface area contributed by atoms with Gasteiger partial charge in [-0.25, -0.2) is 0 Å². The Hall–Kier alpha value is -1.65. The Kier molecular flexibility index (Phi) is 4.60. The molecular weight excluding hydrogens is 316 g/mol. The predicted molar refractivity (Wildman–Crippen MR) is 94.1 cm³/mol. The third-order valence-electron chi connectivity index (χ3n) is 3.77. The van der Waals surface area contributed by atoms with Crippen LogP contribution in [0.3, 0.4) is 0 Å². The highest BCUT2D eigenvalue weighted by Gasteiger charge is 2.32. The van der Waals surface area contributed by atoms with Gasteiger partial charge < -0.3 is 10.2 Å². The number of hydrogen-bond donors (Lipinski definition) is 1. The van der Waals surface area contributed by atoms with Crippen molar-refractivity contribution in [2.75, 3.05) is 23.0 Å². The van der Waals surface area contributed by atoms with Gasteiger partial charge in [0.25, 0.3) is 0 Å². The molecule has 1 unspecified atom stereocenters. The summed E-state index contributed by atoms with van der Waals surface area (Å²) in [6.07, 6.45) is 2.79. The van der Waals surface area contributed by atoms with Crippen LogP contribution < -0.4 is 10.2 Å². The maximum absolute atomic E-state index is 12.6. The fraction of sp³-hybridized carbons (Fsp3) is 0.235. The van der Waals surface area contributed by atoms with Crippen molar-refractivity contribution in [3.8, 4) is 0 Å². The Morgan fingerprint density at radius 2 is 2.00 bits per heavy atom. The van der Waals surface area contributed by atoms with Crippen LogP contribution in [0.2, 0.25) is 5.02 Å². The van der Waals surface area contributed by atoms with Crippen LogP contribution in [0.4, 0.5) is 11.4 Å². The number of rotatable bonds is 4. The van der Waals surface area contributed by atoms with Gasteiger partial charge in [0.15, 0.2) is 0 Å². The highest BCUT2D eigenvalue weighted by atomic mass is 35.5. The zero-order valence-corrected chi connectivity index (χ0v) is 13.8. The molecule has 1 amide bonds. The van der Waals surface area contributed by atoms with E-state index < -0.39 is 0 Å². The molecule has 1 N–H and O–H groups in total. The summed E-state index contributed by atoms with van der Waals surface area (Å²) in [5.74, 6) is 0.117. The van der Waals surface area contributed by atoms with Crippen molar-refractivity contribution in [2.24, 2.45) is 0 Å². The highest BCUT2D eigenvalue weighted by molar-refractivity contribution is 7.98. The van der Waals surface area contributed by atoms with Crippen molar-refractivity contribution < 1.29 is 4.79 Å². The lowest BCUT2D eigenvalue weighted by molar-refractivity contribution is -0.117. The molecule has 0 aromatic heterocycles. The van der Waals surface area contributed by atoms with Crippen molar-refractivity contribution >= 4 is 40.6 Å². The van der Waals surface area contributed by atoms with Crippen LogP contribution in [0, 0.1) is 0 Å². The number of halogens is 1. The first-order chi connectivity index (χ1) is 10.7. The summed E-state index contributed by atoms with van der Waals surface area (Å²) in [6, 6.07) is 15.4. The molecule has 0 spiro atoms. The average Bonchev–Trinajstić information content (AvgIpc) is 2.91. The highest BCUT2D eigenvalue weighted by Crippen LogP contribution is 2.30. The predicted octanol–water partition coefficient (Wildman–Crippen LogP) is 4.28. The topological polar surface area (TPSA) is 32.3 Å². The van der Waals surface area contributed by atoms with Crippen LogP contribution in [0.5, 0.6) is 0 Å². The monoisotopic (exact) mass is 332 g/mol. The normalized spacial score (nSPS) is 17.8. The van der Waals surface area contributed by atoms with Gasteiger partial charge in [-0.2, -0.15) is 0 Å². The maximum Gasteiger partial charge on any atom is 0.249 e. The smallest absolute Gasteiger partial charge is 0.249 e. The minimum atomic E-state index is -0.184. The van der Waals surface area contributed by atoms with Crippen molar-refractivity contribution in [1.82, 2.24) is 0 Å².